The highest BCUT2D eigenvalue weighted by molar-refractivity contribution is 7.10. The van der Waals surface area contributed by atoms with Gasteiger partial charge in [0.2, 0.25) is 0 Å². The number of nitrogens with one attached hydrogen (secondary N) is 2. The monoisotopic (exact) mass is 681 g/mol. The average Bonchev–Trinajstić information content (AvgIpc) is 3.73. The number of nitriles is 1. The second kappa shape index (κ2) is 14.0. The minimum Gasteiger partial charge on any atom is -0.352 e. The summed E-state index contributed by atoms with van der Waals surface area (Å²) >= 11 is 10.6. The van der Waals surface area contributed by atoms with Crippen LogP contribution in [0.4, 0.5) is 11.4 Å². The topological polar surface area (TPSA) is 70.5 Å². The standard InChI is InChI=1S/C37H40ClN7S2/c1-24-12-26(28-13-31(46-23-28)17-30-20-44(3)7-6-40-30)15-34(38)36(24)42-37-29(18-39)19-41-35-16-25(4-5-33(35)37)27-14-32(47-22-27)21-45-10-8-43(2)9-11-45/h4-5,12-16,19,22-23,30,40H,6-11,17,20-21H2,1-3H3,(H,41,42). The van der Waals surface area contributed by atoms with Crippen molar-refractivity contribution < 1.29 is 0 Å². The van der Waals surface area contributed by atoms with Gasteiger partial charge in [-0.15, -0.1) is 22.7 Å². The van der Waals surface area contributed by atoms with Gasteiger partial charge in [-0.3, -0.25) is 9.88 Å². The number of nitrogens with zero attached hydrogens (tertiary/aromatic N) is 5. The van der Waals surface area contributed by atoms with Gasteiger partial charge in [0.25, 0.3) is 0 Å². The highest BCUT2D eigenvalue weighted by atomic mass is 35.5. The Morgan fingerprint density at radius 2 is 1.68 bits per heavy atom. The molecular formula is C37H40ClN7S2. The van der Waals surface area contributed by atoms with Gasteiger partial charge in [0.05, 0.1) is 27.5 Å². The molecule has 2 fully saturated rings. The number of aryl methyl sites for hydroxylation is 1. The Labute approximate surface area is 290 Å². The highest BCUT2D eigenvalue weighted by Crippen LogP contribution is 2.39. The second-order valence-electron chi connectivity index (χ2n) is 13.0. The SMILES string of the molecule is Cc1cc(-c2csc(CC3CN(C)CCN3)c2)cc(Cl)c1Nc1c(C#N)cnc2cc(-c3csc(CN4CCN(C)CC4)c3)ccc12. The van der Waals surface area contributed by atoms with Crippen molar-refractivity contribution in [1.29, 1.82) is 5.26 Å². The Morgan fingerprint density at radius 1 is 0.915 bits per heavy atom. The molecule has 0 bridgehead atoms. The Bertz CT molecular complexity index is 1910. The Morgan fingerprint density at radius 3 is 2.45 bits per heavy atom. The van der Waals surface area contributed by atoms with Crippen molar-refractivity contribution in [2.24, 2.45) is 0 Å². The summed E-state index contributed by atoms with van der Waals surface area (Å²) in [6, 6.07) is 17.9. The lowest BCUT2D eigenvalue weighted by Gasteiger charge is -2.31. The molecule has 0 radical (unpaired) electrons. The number of hydrogen-bond acceptors (Lipinski definition) is 9. The van der Waals surface area contributed by atoms with Crippen LogP contribution in [0.2, 0.25) is 5.02 Å². The first-order valence-electron chi connectivity index (χ1n) is 16.2. The van der Waals surface area contributed by atoms with Crippen molar-refractivity contribution in [2.75, 3.05) is 65.2 Å². The molecule has 0 saturated carbocycles. The van der Waals surface area contributed by atoms with Gasteiger partial charge >= 0.3 is 0 Å². The zero-order chi connectivity index (χ0) is 32.5. The maximum absolute atomic E-state index is 10.0. The van der Waals surface area contributed by atoms with Gasteiger partial charge < -0.3 is 20.4 Å². The number of aromatic nitrogens is 1. The Kier molecular flexibility index (Phi) is 9.62. The van der Waals surface area contributed by atoms with Gasteiger partial charge in [0.15, 0.2) is 0 Å². The van der Waals surface area contributed by atoms with Gasteiger partial charge in [-0.2, -0.15) is 5.26 Å². The molecule has 2 saturated heterocycles. The summed E-state index contributed by atoms with van der Waals surface area (Å²) in [6.45, 7) is 10.7. The highest BCUT2D eigenvalue weighted by Gasteiger charge is 2.20. The van der Waals surface area contributed by atoms with E-state index in [0.29, 0.717) is 16.6 Å². The van der Waals surface area contributed by atoms with Gasteiger partial charge in [-0.25, -0.2) is 0 Å². The van der Waals surface area contributed by atoms with Crippen molar-refractivity contribution in [2.45, 2.75) is 25.9 Å². The molecule has 2 aliphatic heterocycles. The van der Waals surface area contributed by atoms with Crippen LogP contribution < -0.4 is 10.6 Å². The summed E-state index contributed by atoms with van der Waals surface area (Å²) in [7, 11) is 4.38. The van der Waals surface area contributed by atoms with Crippen LogP contribution in [0.3, 0.4) is 0 Å². The Balaban J connectivity index is 1.11. The fraction of sp³-hybridized carbons (Fsp3) is 0.351. The minimum atomic E-state index is 0.479. The zero-order valence-corrected chi connectivity index (χ0v) is 29.5. The summed E-state index contributed by atoms with van der Waals surface area (Å²) in [5.41, 5.74) is 8.49. The predicted octanol–water partition coefficient (Wildman–Crippen LogP) is 7.46. The third kappa shape index (κ3) is 7.25. The number of rotatable bonds is 8. The number of fused-ring (bicyclic) bond motifs is 1. The van der Waals surface area contributed by atoms with E-state index in [0.717, 1.165) is 97.7 Å². The predicted molar refractivity (Wildman–Crippen MR) is 198 cm³/mol. The van der Waals surface area contributed by atoms with Crippen molar-refractivity contribution in [3.05, 3.63) is 85.3 Å². The third-order valence-corrected chi connectivity index (χ3v) is 11.6. The van der Waals surface area contributed by atoms with Crippen molar-refractivity contribution >= 4 is 56.6 Å². The fourth-order valence-electron chi connectivity index (χ4n) is 6.64. The van der Waals surface area contributed by atoms with E-state index in [-0.39, 0.29) is 0 Å². The molecule has 2 aromatic carbocycles. The van der Waals surface area contributed by atoms with Gasteiger partial charge in [0.1, 0.15) is 6.07 Å². The van der Waals surface area contributed by atoms with E-state index in [4.69, 9.17) is 11.6 Å². The number of hydrogen-bond donors (Lipinski definition) is 2. The summed E-state index contributed by atoms with van der Waals surface area (Å²) in [6.07, 6.45) is 2.68. The normalized spacial score (nSPS) is 18.1. The van der Waals surface area contributed by atoms with E-state index in [1.165, 1.54) is 20.9 Å². The minimum absolute atomic E-state index is 0.479. The van der Waals surface area contributed by atoms with E-state index in [9.17, 15) is 5.26 Å². The van der Waals surface area contributed by atoms with E-state index in [1.54, 1.807) is 6.20 Å². The third-order valence-electron chi connectivity index (χ3n) is 9.38. The van der Waals surface area contributed by atoms with E-state index < -0.39 is 0 Å². The van der Waals surface area contributed by atoms with E-state index >= 15 is 0 Å². The van der Waals surface area contributed by atoms with Crippen LogP contribution in [-0.2, 0) is 13.0 Å². The molecule has 5 aromatic rings. The molecule has 3 aromatic heterocycles. The van der Waals surface area contributed by atoms with Crippen LogP contribution in [0.15, 0.2) is 59.4 Å². The molecule has 1 unspecified atom stereocenters. The van der Waals surface area contributed by atoms with E-state index in [1.807, 2.05) is 28.7 Å². The number of likely N-dealkylation sites (N-methyl/N-ethyl adjacent to an activating group) is 2. The summed E-state index contributed by atoms with van der Waals surface area (Å²) < 4.78 is 0. The first-order valence-corrected chi connectivity index (χ1v) is 18.3. The molecule has 47 heavy (non-hydrogen) atoms. The zero-order valence-electron chi connectivity index (χ0n) is 27.1. The largest absolute Gasteiger partial charge is 0.352 e. The molecule has 7 rings (SSSR count). The lowest BCUT2D eigenvalue weighted by atomic mass is 10.0. The van der Waals surface area contributed by atoms with Gasteiger partial charge in [-0.05, 0) is 96.3 Å². The molecule has 1 atom stereocenters. The number of piperazine rings is 2. The fourth-order valence-corrected chi connectivity index (χ4v) is 8.86. The summed E-state index contributed by atoms with van der Waals surface area (Å²) in [5.74, 6) is 0. The molecule has 0 amide bonds. The van der Waals surface area contributed by atoms with Crippen LogP contribution >= 0.6 is 34.3 Å². The molecule has 5 heterocycles. The van der Waals surface area contributed by atoms with Gasteiger partial charge in [-0.1, -0.05) is 23.7 Å². The van der Waals surface area contributed by atoms with Crippen LogP contribution in [0.25, 0.3) is 33.2 Å². The number of anilines is 2. The second-order valence-corrected chi connectivity index (χ2v) is 15.4. The number of benzene rings is 2. The number of halogens is 1. The molecule has 242 valence electrons. The van der Waals surface area contributed by atoms with Crippen LogP contribution in [0.1, 0.15) is 20.9 Å². The van der Waals surface area contributed by atoms with Crippen LogP contribution in [0, 0.1) is 18.3 Å². The maximum atomic E-state index is 10.0. The molecular weight excluding hydrogens is 642 g/mol. The molecule has 2 N–H and O–H groups in total. The maximum Gasteiger partial charge on any atom is 0.103 e. The molecule has 0 spiro atoms. The smallest absolute Gasteiger partial charge is 0.103 e. The summed E-state index contributed by atoms with van der Waals surface area (Å²) in [5, 5.41) is 23.2. The lowest BCUT2D eigenvalue weighted by molar-refractivity contribution is 0.149. The van der Waals surface area contributed by atoms with Crippen LogP contribution in [0.5, 0.6) is 0 Å². The van der Waals surface area contributed by atoms with Crippen molar-refractivity contribution in [3.63, 3.8) is 0 Å². The quantitative estimate of drug-likeness (QED) is 0.176. The molecule has 0 aliphatic carbocycles. The number of pyridine rings is 1. The molecule has 2 aliphatic rings. The lowest BCUT2D eigenvalue weighted by Crippen LogP contribution is -2.49. The van der Waals surface area contributed by atoms with Crippen LogP contribution in [-0.4, -0.2) is 85.6 Å². The molecule has 7 nitrogen and oxygen atoms in total. The van der Waals surface area contributed by atoms with Crippen molar-refractivity contribution in [3.8, 4) is 28.3 Å². The van der Waals surface area contributed by atoms with E-state index in [2.05, 4.69) is 105 Å². The Hall–Kier alpha value is -3.33. The first kappa shape index (κ1) is 32.2. The van der Waals surface area contributed by atoms with Gasteiger partial charge in [0, 0.05) is 79.7 Å². The first-order chi connectivity index (χ1) is 22.8. The summed E-state index contributed by atoms with van der Waals surface area (Å²) in [4.78, 5) is 14.7. The average molecular weight is 682 g/mol. The molecule has 10 heteroatoms. The number of thiophene rings is 2. The van der Waals surface area contributed by atoms with Crippen molar-refractivity contribution in [1.82, 2.24) is 25.0 Å².